The first-order chi connectivity index (χ1) is 11.9. The van der Waals surface area contributed by atoms with Crippen molar-refractivity contribution in [3.8, 4) is 11.5 Å². The lowest BCUT2D eigenvalue weighted by Gasteiger charge is -2.30. The maximum absolute atomic E-state index is 9.57. The van der Waals surface area contributed by atoms with Gasteiger partial charge in [0.25, 0.3) is 0 Å². The van der Waals surface area contributed by atoms with Crippen LogP contribution in [0, 0.1) is 5.92 Å². The van der Waals surface area contributed by atoms with Gasteiger partial charge in [0.2, 0.25) is 0 Å². The highest BCUT2D eigenvalue weighted by Crippen LogP contribution is 2.30. The lowest BCUT2D eigenvalue weighted by Crippen LogP contribution is -2.28. The number of rotatable bonds is 4. The van der Waals surface area contributed by atoms with Crippen molar-refractivity contribution in [1.82, 2.24) is 0 Å². The Hall–Kier alpha value is -1.84. The van der Waals surface area contributed by atoms with E-state index in [9.17, 15) is 10.2 Å². The summed E-state index contributed by atoms with van der Waals surface area (Å²) in [5.41, 5.74) is -0.568. The van der Waals surface area contributed by atoms with E-state index in [4.69, 9.17) is 4.74 Å². The molecule has 2 atom stereocenters. The minimum atomic E-state index is -0.568. The van der Waals surface area contributed by atoms with Gasteiger partial charge in [-0.1, -0.05) is 49.2 Å². The molecule has 2 aromatic rings. The van der Waals surface area contributed by atoms with Crippen LogP contribution in [0.15, 0.2) is 60.7 Å². The van der Waals surface area contributed by atoms with Crippen LogP contribution >= 0.6 is 0 Å². The first-order valence-electron chi connectivity index (χ1n) is 9.11. The first-order valence-corrected chi connectivity index (χ1v) is 9.11. The Morgan fingerprint density at radius 1 is 0.920 bits per heavy atom. The SMILES string of the molecule is CC(C)(O)CC1CCCC(O)C1.c1ccc(Oc2ccccc2)cc1. The number of ether oxygens (including phenoxy) is 1. The summed E-state index contributed by atoms with van der Waals surface area (Å²) in [5.74, 6) is 2.26. The second kappa shape index (κ2) is 9.59. The highest BCUT2D eigenvalue weighted by Gasteiger charge is 2.25. The van der Waals surface area contributed by atoms with Gasteiger partial charge in [0.05, 0.1) is 11.7 Å². The molecular weight excluding hydrogens is 312 g/mol. The van der Waals surface area contributed by atoms with Crippen LogP contribution < -0.4 is 4.74 Å². The number of aliphatic hydroxyl groups is 2. The van der Waals surface area contributed by atoms with Crippen LogP contribution in [0.1, 0.15) is 46.0 Å². The molecule has 0 radical (unpaired) electrons. The molecule has 0 aromatic heterocycles. The largest absolute Gasteiger partial charge is 0.457 e. The summed E-state index contributed by atoms with van der Waals surface area (Å²) in [4.78, 5) is 0. The number of aliphatic hydroxyl groups excluding tert-OH is 1. The minimum absolute atomic E-state index is 0.119. The van der Waals surface area contributed by atoms with Gasteiger partial charge in [-0.3, -0.25) is 0 Å². The third-order valence-corrected chi connectivity index (χ3v) is 4.27. The van der Waals surface area contributed by atoms with E-state index in [1.54, 1.807) is 0 Å². The minimum Gasteiger partial charge on any atom is -0.457 e. The fourth-order valence-electron chi connectivity index (χ4n) is 3.27. The zero-order chi connectivity index (χ0) is 18.1. The summed E-state index contributed by atoms with van der Waals surface area (Å²) < 4.78 is 5.58. The van der Waals surface area contributed by atoms with E-state index in [0.29, 0.717) is 5.92 Å². The lowest BCUT2D eigenvalue weighted by atomic mass is 9.81. The third-order valence-electron chi connectivity index (χ3n) is 4.27. The molecule has 0 amide bonds. The van der Waals surface area contributed by atoms with Crippen LogP contribution in [-0.4, -0.2) is 21.9 Å². The van der Waals surface area contributed by atoms with Gasteiger partial charge in [-0.25, -0.2) is 0 Å². The number of hydrogen-bond acceptors (Lipinski definition) is 3. The maximum atomic E-state index is 9.57. The molecule has 1 aliphatic rings. The first kappa shape index (κ1) is 19.5. The van der Waals surface area contributed by atoms with E-state index < -0.39 is 5.60 Å². The van der Waals surface area contributed by atoms with E-state index in [1.807, 2.05) is 74.5 Å². The molecular formula is C22H30O3. The Kier molecular flexibility index (Phi) is 7.48. The van der Waals surface area contributed by atoms with Crippen LogP contribution in [0.3, 0.4) is 0 Å². The molecule has 2 aromatic carbocycles. The summed E-state index contributed by atoms with van der Waals surface area (Å²) in [5, 5.41) is 19.0. The van der Waals surface area contributed by atoms with Gasteiger partial charge in [-0.05, 0) is 63.3 Å². The molecule has 0 saturated heterocycles. The molecule has 1 aliphatic carbocycles. The van der Waals surface area contributed by atoms with Crippen LogP contribution in [0.5, 0.6) is 11.5 Å². The molecule has 3 rings (SSSR count). The summed E-state index contributed by atoms with van der Waals surface area (Å²) in [6.45, 7) is 3.68. The van der Waals surface area contributed by atoms with Crippen molar-refractivity contribution in [3.05, 3.63) is 60.7 Å². The zero-order valence-corrected chi connectivity index (χ0v) is 15.3. The Labute approximate surface area is 151 Å². The molecule has 3 heteroatoms. The maximum Gasteiger partial charge on any atom is 0.127 e. The fraction of sp³-hybridized carbons (Fsp3) is 0.455. The van der Waals surface area contributed by atoms with Gasteiger partial charge in [0.15, 0.2) is 0 Å². The molecule has 0 bridgehead atoms. The normalized spacial score (nSPS) is 20.3. The molecule has 0 spiro atoms. The standard InChI is InChI=1S/C12H10O.C10H20O2/c1-3-7-11(8-4-1)13-12-9-5-2-6-10-12;1-10(2,12)7-8-4-3-5-9(11)6-8/h1-10H;8-9,11-12H,3-7H2,1-2H3. The molecule has 2 N–H and O–H groups in total. The molecule has 25 heavy (non-hydrogen) atoms. The lowest BCUT2D eigenvalue weighted by molar-refractivity contribution is 0.0248. The Bertz CT molecular complexity index is 552. The highest BCUT2D eigenvalue weighted by molar-refractivity contribution is 5.30. The van der Waals surface area contributed by atoms with E-state index >= 15 is 0 Å². The highest BCUT2D eigenvalue weighted by atomic mass is 16.5. The second-order valence-electron chi connectivity index (χ2n) is 7.43. The molecule has 0 heterocycles. The van der Waals surface area contributed by atoms with Crippen molar-refractivity contribution in [2.75, 3.05) is 0 Å². The molecule has 2 unspecified atom stereocenters. The average molecular weight is 342 g/mol. The van der Waals surface area contributed by atoms with Gasteiger partial charge >= 0.3 is 0 Å². The quantitative estimate of drug-likeness (QED) is 0.805. The van der Waals surface area contributed by atoms with E-state index in [1.165, 1.54) is 6.42 Å². The smallest absolute Gasteiger partial charge is 0.127 e. The fourth-order valence-corrected chi connectivity index (χ4v) is 3.27. The average Bonchev–Trinajstić information content (AvgIpc) is 2.56. The van der Waals surface area contributed by atoms with Crippen LogP contribution in [0.25, 0.3) is 0 Å². The molecule has 136 valence electrons. The van der Waals surface area contributed by atoms with Gasteiger partial charge in [-0.15, -0.1) is 0 Å². The topological polar surface area (TPSA) is 49.7 Å². The van der Waals surface area contributed by atoms with Gasteiger partial charge < -0.3 is 14.9 Å². The third kappa shape index (κ3) is 8.19. The van der Waals surface area contributed by atoms with Crippen molar-refractivity contribution in [3.63, 3.8) is 0 Å². The Morgan fingerprint density at radius 3 is 1.88 bits per heavy atom. The Balaban J connectivity index is 0.000000181. The van der Waals surface area contributed by atoms with Crippen LogP contribution in [-0.2, 0) is 0 Å². The summed E-state index contributed by atoms with van der Waals surface area (Å²) >= 11 is 0. The van der Waals surface area contributed by atoms with E-state index in [2.05, 4.69) is 0 Å². The predicted octanol–water partition coefficient (Wildman–Crippen LogP) is 5.18. The van der Waals surface area contributed by atoms with Gasteiger partial charge in [0, 0.05) is 0 Å². The Morgan fingerprint density at radius 2 is 1.44 bits per heavy atom. The molecule has 3 nitrogen and oxygen atoms in total. The van der Waals surface area contributed by atoms with Crippen molar-refractivity contribution in [1.29, 1.82) is 0 Å². The zero-order valence-electron chi connectivity index (χ0n) is 15.3. The summed E-state index contributed by atoms with van der Waals surface area (Å²) in [6, 6.07) is 19.5. The van der Waals surface area contributed by atoms with Crippen molar-refractivity contribution in [2.24, 2.45) is 5.92 Å². The van der Waals surface area contributed by atoms with Crippen molar-refractivity contribution < 1.29 is 14.9 Å². The number of para-hydroxylation sites is 2. The van der Waals surface area contributed by atoms with E-state index in [-0.39, 0.29) is 6.10 Å². The van der Waals surface area contributed by atoms with Gasteiger partial charge in [0.1, 0.15) is 11.5 Å². The van der Waals surface area contributed by atoms with E-state index in [0.717, 1.165) is 37.2 Å². The van der Waals surface area contributed by atoms with Crippen molar-refractivity contribution >= 4 is 0 Å². The number of hydrogen-bond donors (Lipinski definition) is 2. The molecule has 1 fully saturated rings. The summed E-state index contributed by atoms with van der Waals surface area (Å²) in [7, 11) is 0. The monoisotopic (exact) mass is 342 g/mol. The molecule has 0 aliphatic heterocycles. The second-order valence-corrected chi connectivity index (χ2v) is 7.43. The molecule has 1 saturated carbocycles. The number of benzene rings is 2. The van der Waals surface area contributed by atoms with Crippen LogP contribution in [0.2, 0.25) is 0 Å². The van der Waals surface area contributed by atoms with Gasteiger partial charge in [-0.2, -0.15) is 0 Å². The summed E-state index contributed by atoms with van der Waals surface area (Å²) in [6.07, 6.45) is 4.81. The predicted molar refractivity (Wildman–Crippen MR) is 102 cm³/mol. The van der Waals surface area contributed by atoms with Crippen molar-refractivity contribution in [2.45, 2.75) is 57.7 Å². The van der Waals surface area contributed by atoms with Crippen LogP contribution in [0.4, 0.5) is 0 Å².